The molecule has 1 aliphatic heterocycles. The number of carbonyl (C=O) groups is 2. The molecule has 0 amide bonds. The van der Waals surface area contributed by atoms with Gasteiger partial charge in [-0.15, -0.1) is 11.8 Å². The lowest BCUT2D eigenvalue weighted by atomic mass is 10.2. The number of hydrogen-bond donors (Lipinski definition) is 0. The van der Waals surface area contributed by atoms with Crippen molar-refractivity contribution in [3.05, 3.63) is 12.3 Å². The maximum Gasteiger partial charge on any atom is 0.210 e. The lowest BCUT2D eigenvalue weighted by Gasteiger charge is -2.25. The minimum absolute atomic E-state index is 0.336. The van der Waals surface area contributed by atoms with Crippen molar-refractivity contribution >= 4 is 23.3 Å². The van der Waals surface area contributed by atoms with Crippen molar-refractivity contribution in [3.63, 3.8) is 0 Å². The summed E-state index contributed by atoms with van der Waals surface area (Å²) >= 11 is 1.39. The summed E-state index contributed by atoms with van der Waals surface area (Å²) in [7, 11) is 0. The molecule has 1 rings (SSSR count). The molecule has 0 bridgehead atoms. The molecule has 1 aliphatic rings. The lowest BCUT2D eigenvalue weighted by Crippen LogP contribution is -2.28. The van der Waals surface area contributed by atoms with E-state index < -0.39 is 0 Å². The third-order valence-electron chi connectivity index (χ3n) is 2.04. The van der Waals surface area contributed by atoms with Crippen LogP contribution in [0.15, 0.2) is 12.3 Å². The fourth-order valence-corrected chi connectivity index (χ4v) is 2.62. The molecule has 0 aromatic carbocycles. The second-order valence-corrected chi connectivity index (χ2v) is 5.31. The van der Waals surface area contributed by atoms with Crippen molar-refractivity contribution in [2.75, 3.05) is 0 Å². The van der Waals surface area contributed by atoms with Crippen molar-refractivity contribution in [1.82, 2.24) is 0 Å². The standard InChI is InChI=1S/C10H14O3S/c1-7(11)9(12)8(2)14-10(3)5-4-6-13-10/h4,6,8H,5H2,1-3H3. The summed E-state index contributed by atoms with van der Waals surface area (Å²) in [6.07, 6.45) is 4.32. The van der Waals surface area contributed by atoms with Crippen molar-refractivity contribution in [1.29, 1.82) is 0 Å². The van der Waals surface area contributed by atoms with E-state index >= 15 is 0 Å². The van der Waals surface area contributed by atoms with Gasteiger partial charge in [-0.25, -0.2) is 0 Å². The van der Waals surface area contributed by atoms with E-state index in [1.165, 1.54) is 18.7 Å². The van der Waals surface area contributed by atoms with Crippen molar-refractivity contribution in [2.24, 2.45) is 0 Å². The Morgan fingerprint density at radius 2 is 2.21 bits per heavy atom. The highest BCUT2D eigenvalue weighted by Gasteiger charge is 2.33. The average Bonchev–Trinajstić information content (AvgIpc) is 2.50. The van der Waals surface area contributed by atoms with Crippen LogP contribution in [-0.2, 0) is 14.3 Å². The Hall–Kier alpha value is -0.770. The largest absolute Gasteiger partial charge is 0.485 e. The number of Topliss-reactive ketones (excluding diaryl/α,β-unsaturated/α-hetero) is 2. The molecular formula is C10H14O3S. The molecule has 0 saturated carbocycles. The van der Waals surface area contributed by atoms with Crippen LogP contribution in [0.5, 0.6) is 0 Å². The molecule has 1 heterocycles. The summed E-state index contributed by atoms with van der Waals surface area (Å²) in [5.74, 6) is -0.730. The summed E-state index contributed by atoms with van der Waals surface area (Å²) in [6, 6.07) is 0. The summed E-state index contributed by atoms with van der Waals surface area (Å²) in [4.78, 5) is 21.8. The molecule has 78 valence electrons. The van der Waals surface area contributed by atoms with E-state index in [-0.39, 0.29) is 21.7 Å². The van der Waals surface area contributed by atoms with Crippen LogP contribution in [0.2, 0.25) is 0 Å². The number of rotatable bonds is 4. The third-order valence-corrected chi connectivity index (χ3v) is 3.37. The Balaban J connectivity index is 2.52. The van der Waals surface area contributed by atoms with Gasteiger partial charge in [0.25, 0.3) is 0 Å². The summed E-state index contributed by atoms with van der Waals surface area (Å²) < 4.78 is 5.36. The number of carbonyl (C=O) groups excluding carboxylic acids is 2. The Morgan fingerprint density at radius 3 is 2.64 bits per heavy atom. The molecule has 0 radical (unpaired) electrons. The Labute approximate surface area is 87.9 Å². The van der Waals surface area contributed by atoms with Gasteiger partial charge >= 0.3 is 0 Å². The molecule has 0 aromatic heterocycles. The van der Waals surface area contributed by atoms with Gasteiger partial charge in [0, 0.05) is 13.3 Å². The topological polar surface area (TPSA) is 43.4 Å². The van der Waals surface area contributed by atoms with Crippen LogP contribution in [-0.4, -0.2) is 21.7 Å². The van der Waals surface area contributed by atoms with Gasteiger partial charge in [0.2, 0.25) is 5.78 Å². The van der Waals surface area contributed by atoms with Gasteiger partial charge in [-0.3, -0.25) is 9.59 Å². The zero-order chi connectivity index (χ0) is 10.8. The number of ether oxygens (including phenoxy) is 1. The maximum atomic E-state index is 11.3. The van der Waals surface area contributed by atoms with E-state index in [1.807, 2.05) is 13.0 Å². The van der Waals surface area contributed by atoms with E-state index in [9.17, 15) is 9.59 Å². The number of thioether (sulfide) groups is 1. The molecule has 3 nitrogen and oxygen atoms in total. The van der Waals surface area contributed by atoms with Crippen LogP contribution >= 0.6 is 11.8 Å². The molecule has 4 heteroatoms. The zero-order valence-electron chi connectivity index (χ0n) is 8.57. The van der Waals surface area contributed by atoms with Crippen LogP contribution in [0.25, 0.3) is 0 Å². The molecule has 0 spiro atoms. The molecule has 2 atom stereocenters. The van der Waals surface area contributed by atoms with E-state index in [1.54, 1.807) is 13.2 Å². The van der Waals surface area contributed by atoms with E-state index in [2.05, 4.69) is 0 Å². The summed E-state index contributed by atoms with van der Waals surface area (Å²) in [5, 5.41) is -0.336. The maximum absolute atomic E-state index is 11.3. The van der Waals surface area contributed by atoms with Gasteiger partial charge < -0.3 is 4.74 Å². The minimum Gasteiger partial charge on any atom is -0.485 e. The SMILES string of the molecule is CC(=O)C(=O)C(C)SC1(C)CC=CO1. The quantitative estimate of drug-likeness (QED) is 0.670. The van der Waals surface area contributed by atoms with Gasteiger partial charge in [0.05, 0.1) is 11.5 Å². The molecule has 0 aromatic rings. The van der Waals surface area contributed by atoms with E-state index in [4.69, 9.17) is 4.74 Å². The van der Waals surface area contributed by atoms with Crippen molar-refractivity contribution in [2.45, 2.75) is 37.4 Å². The highest BCUT2D eigenvalue weighted by Crippen LogP contribution is 2.37. The van der Waals surface area contributed by atoms with Gasteiger partial charge in [0.1, 0.15) is 0 Å². The highest BCUT2D eigenvalue weighted by molar-refractivity contribution is 8.01. The Bertz CT molecular complexity index is 275. The monoisotopic (exact) mass is 214 g/mol. The first-order valence-corrected chi connectivity index (χ1v) is 5.38. The average molecular weight is 214 g/mol. The third kappa shape index (κ3) is 2.61. The molecule has 2 unspecified atom stereocenters. The van der Waals surface area contributed by atoms with Gasteiger partial charge in [-0.05, 0) is 19.9 Å². The first kappa shape index (κ1) is 11.3. The minimum atomic E-state index is -0.389. The summed E-state index contributed by atoms with van der Waals surface area (Å²) in [5.41, 5.74) is 0. The smallest absolute Gasteiger partial charge is 0.210 e. The lowest BCUT2D eigenvalue weighted by molar-refractivity contribution is -0.134. The molecular weight excluding hydrogens is 200 g/mol. The van der Waals surface area contributed by atoms with Crippen molar-refractivity contribution < 1.29 is 14.3 Å². The predicted octanol–water partition coefficient (Wildman–Crippen LogP) is 1.92. The van der Waals surface area contributed by atoms with Gasteiger partial charge in [-0.1, -0.05) is 0 Å². The van der Waals surface area contributed by atoms with E-state index in [0.717, 1.165) is 6.42 Å². The molecule has 0 fully saturated rings. The Morgan fingerprint density at radius 1 is 1.57 bits per heavy atom. The summed E-state index contributed by atoms with van der Waals surface area (Å²) in [6.45, 7) is 4.96. The van der Waals surface area contributed by atoms with E-state index in [0.29, 0.717) is 0 Å². The first-order chi connectivity index (χ1) is 6.44. The fourth-order valence-electron chi connectivity index (χ4n) is 1.29. The molecule has 0 saturated heterocycles. The number of hydrogen-bond acceptors (Lipinski definition) is 4. The first-order valence-electron chi connectivity index (χ1n) is 4.50. The molecule has 0 aliphatic carbocycles. The normalized spacial score (nSPS) is 27.1. The van der Waals surface area contributed by atoms with Crippen LogP contribution in [0.3, 0.4) is 0 Å². The zero-order valence-corrected chi connectivity index (χ0v) is 9.39. The van der Waals surface area contributed by atoms with Gasteiger partial charge in [-0.2, -0.15) is 0 Å². The Kier molecular flexibility index (Phi) is 3.37. The van der Waals surface area contributed by atoms with Crippen LogP contribution in [0.4, 0.5) is 0 Å². The second-order valence-electron chi connectivity index (χ2n) is 3.51. The predicted molar refractivity (Wildman–Crippen MR) is 56.0 cm³/mol. The fraction of sp³-hybridized carbons (Fsp3) is 0.600. The highest BCUT2D eigenvalue weighted by atomic mass is 32.2. The number of ketones is 2. The van der Waals surface area contributed by atoms with Gasteiger partial charge in [0.15, 0.2) is 10.7 Å². The molecule has 0 N–H and O–H groups in total. The van der Waals surface area contributed by atoms with Crippen LogP contribution in [0, 0.1) is 0 Å². The van der Waals surface area contributed by atoms with Crippen LogP contribution < -0.4 is 0 Å². The van der Waals surface area contributed by atoms with Crippen LogP contribution in [0.1, 0.15) is 27.2 Å². The molecule has 14 heavy (non-hydrogen) atoms. The second kappa shape index (κ2) is 4.17. The van der Waals surface area contributed by atoms with Crippen molar-refractivity contribution in [3.8, 4) is 0 Å².